The highest BCUT2D eigenvalue weighted by molar-refractivity contribution is 6.07. The fourth-order valence-corrected chi connectivity index (χ4v) is 2.78. The van der Waals surface area contributed by atoms with Crippen molar-refractivity contribution in [3.8, 4) is 0 Å². The van der Waals surface area contributed by atoms with Crippen molar-refractivity contribution in [1.29, 1.82) is 0 Å². The Balaban J connectivity index is 1.99. The van der Waals surface area contributed by atoms with Crippen LogP contribution in [0, 0.1) is 12.8 Å². The van der Waals surface area contributed by atoms with Crippen LogP contribution in [0.2, 0.25) is 0 Å². The zero-order chi connectivity index (χ0) is 17.4. The Kier molecular flexibility index (Phi) is 4.26. The van der Waals surface area contributed by atoms with E-state index in [9.17, 15) is 14.7 Å². The molecule has 2 heterocycles. The number of amides is 1. The number of nitrogens with zero attached hydrogens (tertiary/aromatic N) is 2. The van der Waals surface area contributed by atoms with Crippen LogP contribution in [0.25, 0.3) is 11.1 Å². The normalized spacial score (nSPS) is 16.8. The van der Waals surface area contributed by atoms with Crippen molar-refractivity contribution in [3.63, 3.8) is 0 Å². The first kappa shape index (κ1) is 16.4. The zero-order valence-electron chi connectivity index (χ0n) is 14.0. The molecule has 2 unspecified atom stereocenters. The van der Waals surface area contributed by atoms with Crippen LogP contribution in [0.1, 0.15) is 60.8 Å². The van der Waals surface area contributed by atoms with Gasteiger partial charge in [-0.25, -0.2) is 9.78 Å². The van der Waals surface area contributed by atoms with Gasteiger partial charge in [-0.1, -0.05) is 25.4 Å². The van der Waals surface area contributed by atoms with E-state index < -0.39 is 17.9 Å². The summed E-state index contributed by atoms with van der Waals surface area (Å²) in [4.78, 5) is 28.7. The number of carboxylic acids is 1. The summed E-state index contributed by atoms with van der Waals surface area (Å²) in [5.41, 5.74) is 2.09. The quantitative estimate of drug-likeness (QED) is 0.843. The molecule has 2 aromatic rings. The summed E-state index contributed by atoms with van der Waals surface area (Å²) >= 11 is 0. The van der Waals surface area contributed by atoms with Crippen LogP contribution in [0.5, 0.6) is 0 Å². The van der Waals surface area contributed by atoms with Gasteiger partial charge in [0.25, 0.3) is 11.6 Å². The second kappa shape index (κ2) is 6.22. The number of aliphatic carboxylic acids is 1. The molecule has 24 heavy (non-hydrogen) atoms. The van der Waals surface area contributed by atoms with E-state index in [-0.39, 0.29) is 5.92 Å². The van der Waals surface area contributed by atoms with Crippen molar-refractivity contribution in [1.82, 2.24) is 15.5 Å². The Morgan fingerprint density at radius 3 is 2.75 bits per heavy atom. The molecular weight excluding hydrogens is 310 g/mol. The minimum Gasteiger partial charge on any atom is -0.480 e. The minimum atomic E-state index is -1.03. The third-order valence-electron chi connectivity index (χ3n) is 4.64. The van der Waals surface area contributed by atoms with Crippen molar-refractivity contribution in [2.45, 2.75) is 52.0 Å². The molecule has 128 valence electrons. The largest absolute Gasteiger partial charge is 0.480 e. The molecule has 0 aromatic carbocycles. The van der Waals surface area contributed by atoms with Crippen molar-refractivity contribution in [3.05, 3.63) is 23.0 Å². The Bertz CT molecular complexity index is 794. The Morgan fingerprint density at radius 2 is 2.17 bits per heavy atom. The number of fused-ring (bicyclic) bond motifs is 1. The van der Waals surface area contributed by atoms with E-state index in [2.05, 4.69) is 15.5 Å². The smallest absolute Gasteiger partial charge is 0.326 e. The maximum Gasteiger partial charge on any atom is 0.326 e. The van der Waals surface area contributed by atoms with Crippen LogP contribution in [-0.2, 0) is 4.79 Å². The molecule has 7 nitrogen and oxygen atoms in total. The maximum absolute atomic E-state index is 12.8. The Labute approximate surface area is 139 Å². The maximum atomic E-state index is 12.8. The Hall–Kier alpha value is -2.44. The van der Waals surface area contributed by atoms with Gasteiger partial charge in [-0.3, -0.25) is 4.79 Å². The molecule has 7 heteroatoms. The molecule has 0 aliphatic heterocycles. The van der Waals surface area contributed by atoms with Crippen molar-refractivity contribution >= 4 is 23.0 Å². The number of aryl methyl sites for hydroxylation is 1. The summed E-state index contributed by atoms with van der Waals surface area (Å²) in [7, 11) is 0. The third kappa shape index (κ3) is 2.98. The molecule has 3 rings (SSSR count). The van der Waals surface area contributed by atoms with Crippen LogP contribution in [-0.4, -0.2) is 33.2 Å². The van der Waals surface area contributed by atoms with Crippen LogP contribution >= 0.6 is 0 Å². The summed E-state index contributed by atoms with van der Waals surface area (Å²) in [6.07, 6.45) is 2.73. The van der Waals surface area contributed by atoms with Gasteiger partial charge in [0, 0.05) is 11.6 Å². The van der Waals surface area contributed by atoms with Gasteiger partial charge in [0.15, 0.2) is 0 Å². The van der Waals surface area contributed by atoms with Gasteiger partial charge in [-0.05, 0) is 31.7 Å². The lowest BCUT2D eigenvalue weighted by Gasteiger charge is -2.20. The van der Waals surface area contributed by atoms with Gasteiger partial charge in [0.2, 0.25) is 0 Å². The standard InChI is InChI=1S/C17H21N3O4/c1-4-8(2)14(17(22)23)19-15(21)11-7-12(10-5-6-10)18-16-13(11)9(3)20-24-16/h7-8,10,14H,4-6H2,1-3H3,(H,19,21)(H,22,23). The van der Waals surface area contributed by atoms with Gasteiger partial charge in [-0.15, -0.1) is 0 Å². The first-order valence-electron chi connectivity index (χ1n) is 8.23. The highest BCUT2D eigenvalue weighted by atomic mass is 16.5. The van der Waals surface area contributed by atoms with Gasteiger partial charge in [0.1, 0.15) is 6.04 Å². The number of hydrogen-bond acceptors (Lipinski definition) is 5. The average molecular weight is 331 g/mol. The van der Waals surface area contributed by atoms with Crippen LogP contribution < -0.4 is 5.32 Å². The predicted molar refractivity (Wildman–Crippen MR) is 86.9 cm³/mol. The molecule has 1 saturated carbocycles. The van der Waals surface area contributed by atoms with Gasteiger partial charge in [-0.2, -0.15) is 0 Å². The molecule has 1 fully saturated rings. The lowest BCUT2D eigenvalue weighted by molar-refractivity contribution is -0.140. The number of pyridine rings is 1. The lowest BCUT2D eigenvalue weighted by Crippen LogP contribution is -2.45. The molecule has 2 atom stereocenters. The first-order chi connectivity index (χ1) is 11.4. The van der Waals surface area contributed by atoms with Crippen LogP contribution in [0.3, 0.4) is 0 Å². The van der Waals surface area contributed by atoms with E-state index in [1.807, 2.05) is 13.8 Å². The summed E-state index contributed by atoms with van der Waals surface area (Å²) in [5, 5.41) is 16.5. The molecule has 1 aliphatic rings. The van der Waals surface area contributed by atoms with E-state index in [1.54, 1.807) is 13.0 Å². The fourth-order valence-electron chi connectivity index (χ4n) is 2.78. The molecule has 1 aliphatic carbocycles. The number of rotatable bonds is 6. The number of nitrogens with one attached hydrogen (secondary N) is 1. The van der Waals surface area contributed by atoms with Crippen molar-refractivity contribution < 1.29 is 19.2 Å². The molecule has 0 spiro atoms. The van der Waals surface area contributed by atoms with E-state index in [0.29, 0.717) is 34.7 Å². The van der Waals surface area contributed by atoms with Crippen molar-refractivity contribution in [2.75, 3.05) is 0 Å². The number of carboxylic acid groups (broad SMARTS) is 1. The van der Waals surface area contributed by atoms with Crippen molar-refractivity contribution in [2.24, 2.45) is 5.92 Å². The number of hydrogen-bond donors (Lipinski definition) is 2. The SMILES string of the molecule is CCC(C)C(NC(=O)c1cc(C2CC2)nc2onc(C)c12)C(=O)O. The highest BCUT2D eigenvalue weighted by Gasteiger charge is 2.31. The Morgan fingerprint density at radius 1 is 1.46 bits per heavy atom. The first-order valence-corrected chi connectivity index (χ1v) is 8.23. The second-order valence-electron chi connectivity index (χ2n) is 6.49. The van der Waals surface area contributed by atoms with Crippen LogP contribution in [0.4, 0.5) is 0 Å². The highest BCUT2D eigenvalue weighted by Crippen LogP contribution is 2.40. The molecule has 1 amide bonds. The van der Waals surface area contributed by atoms with Gasteiger partial charge >= 0.3 is 5.97 Å². The monoisotopic (exact) mass is 331 g/mol. The predicted octanol–water partition coefficient (Wildman–Crippen LogP) is 2.64. The number of carbonyl (C=O) groups excluding carboxylic acids is 1. The van der Waals surface area contributed by atoms with Gasteiger partial charge < -0.3 is 14.9 Å². The molecule has 0 radical (unpaired) electrons. The second-order valence-corrected chi connectivity index (χ2v) is 6.49. The van der Waals surface area contributed by atoms with E-state index >= 15 is 0 Å². The summed E-state index contributed by atoms with van der Waals surface area (Å²) in [6, 6.07) is 0.810. The summed E-state index contributed by atoms with van der Waals surface area (Å²) in [6.45, 7) is 5.44. The molecule has 2 aromatic heterocycles. The molecule has 2 N–H and O–H groups in total. The minimum absolute atomic E-state index is 0.171. The third-order valence-corrected chi connectivity index (χ3v) is 4.64. The van der Waals surface area contributed by atoms with E-state index in [0.717, 1.165) is 18.5 Å². The van der Waals surface area contributed by atoms with Gasteiger partial charge in [0.05, 0.1) is 16.6 Å². The van der Waals surface area contributed by atoms with Crippen LogP contribution in [0.15, 0.2) is 10.6 Å². The zero-order valence-corrected chi connectivity index (χ0v) is 14.0. The molecule has 0 saturated heterocycles. The summed E-state index contributed by atoms with van der Waals surface area (Å²) in [5.74, 6) is -1.29. The van der Waals surface area contributed by atoms with E-state index in [1.165, 1.54) is 0 Å². The lowest BCUT2D eigenvalue weighted by atomic mass is 9.98. The van der Waals surface area contributed by atoms with E-state index in [4.69, 9.17) is 4.52 Å². The molecule has 0 bridgehead atoms. The molecular formula is C17H21N3O4. The topological polar surface area (TPSA) is 105 Å². The number of aromatic nitrogens is 2. The fraction of sp³-hybridized carbons (Fsp3) is 0.529. The summed E-state index contributed by atoms with van der Waals surface area (Å²) < 4.78 is 5.22. The average Bonchev–Trinajstić information content (AvgIpc) is 3.34. The number of carbonyl (C=O) groups is 2.